The molecule has 1 amide bonds. The number of ether oxygens (including phenoxy) is 2. The van der Waals surface area contributed by atoms with Crippen LogP contribution in [0.15, 0.2) is 30.3 Å². The van der Waals surface area contributed by atoms with E-state index in [0.29, 0.717) is 27.5 Å². The van der Waals surface area contributed by atoms with E-state index in [-0.39, 0.29) is 29.1 Å². The van der Waals surface area contributed by atoms with E-state index in [4.69, 9.17) is 9.47 Å². The predicted octanol–water partition coefficient (Wildman–Crippen LogP) is 5.08. The lowest BCUT2D eigenvalue weighted by atomic mass is 9.88. The topological polar surface area (TPSA) is 69.0 Å². The molecule has 34 heavy (non-hydrogen) atoms. The van der Waals surface area contributed by atoms with Crippen LogP contribution in [0.4, 0.5) is 13.2 Å². The van der Waals surface area contributed by atoms with Crippen LogP contribution < -0.4 is 9.47 Å². The van der Waals surface area contributed by atoms with Gasteiger partial charge >= 0.3 is 6.18 Å². The minimum atomic E-state index is -4.71. The van der Waals surface area contributed by atoms with Gasteiger partial charge in [0.2, 0.25) is 0 Å². The largest absolute Gasteiger partial charge is 0.493 e. The maximum atomic E-state index is 14.0. The van der Waals surface area contributed by atoms with Gasteiger partial charge in [0.05, 0.1) is 19.9 Å². The van der Waals surface area contributed by atoms with E-state index in [1.54, 1.807) is 23.1 Å². The second-order valence-corrected chi connectivity index (χ2v) is 8.88. The number of amides is 1. The summed E-state index contributed by atoms with van der Waals surface area (Å²) in [6.07, 6.45) is -3.04. The molecule has 1 fully saturated rings. The number of piperidine rings is 1. The molecule has 3 aromatic rings. The van der Waals surface area contributed by atoms with Crippen molar-refractivity contribution in [2.75, 3.05) is 14.2 Å². The lowest BCUT2D eigenvalue weighted by Crippen LogP contribution is -2.49. The molecule has 0 bridgehead atoms. The number of carbonyl (C=O) groups is 1. The van der Waals surface area contributed by atoms with E-state index in [2.05, 4.69) is 17.0 Å². The number of likely N-dealkylation sites (tertiary alicyclic amines) is 1. The van der Waals surface area contributed by atoms with Crippen LogP contribution in [0, 0.1) is 5.92 Å². The Kier molecular flexibility index (Phi) is 6.18. The van der Waals surface area contributed by atoms with Crippen LogP contribution in [-0.2, 0) is 6.18 Å². The number of benzene rings is 1. The minimum Gasteiger partial charge on any atom is -0.493 e. The highest BCUT2D eigenvalue weighted by Crippen LogP contribution is 2.36. The van der Waals surface area contributed by atoms with Gasteiger partial charge in [0.25, 0.3) is 5.91 Å². The maximum absolute atomic E-state index is 14.0. The number of aromatic nitrogens is 3. The van der Waals surface area contributed by atoms with Crippen LogP contribution in [0.3, 0.4) is 0 Å². The lowest BCUT2D eigenvalue weighted by molar-refractivity contribution is -0.142. The Labute approximate surface area is 195 Å². The first-order valence-corrected chi connectivity index (χ1v) is 11.1. The molecule has 182 valence electrons. The summed E-state index contributed by atoms with van der Waals surface area (Å²) < 4.78 is 53.1. The van der Waals surface area contributed by atoms with Gasteiger partial charge < -0.3 is 14.4 Å². The molecule has 0 spiro atoms. The molecule has 1 saturated heterocycles. The van der Waals surface area contributed by atoms with Gasteiger partial charge in [-0.25, -0.2) is 9.50 Å². The lowest BCUT2D eigenvalue weighted by Gasteiger charge is -2.41. The average molecular weight is 476 g/mol. The van der Waals surface area contributed by atoms with Gasteiger partial charge in [0.15, 0.2) is 28.5 Å². The van der Waals surface area contributed by atoms with Crippen molar-refractivity contribution in [3.63, 3.8) is 0 Å². The van der Waals surface area contributed by atoms with Crippen molar-refractivity contribution in [2.45, 2.75) is 51.9 Å². The van der Waals surface area contributed by atoms with E-state index in [1.807, 2.05) is 13.8 Å². The van der Waals surface area contributed by atoms with Gasteiger partial charge in [-0.3, -0.25) is 4.79 Å². The Morgan fingerprint density at radius 2 is 1.65 bits per heavy atom. The number of hydrogen-bond donors (Lipinski definition) is 0. The molecule has 3 atom stereocenters. The monoisotopic (exact) mass is 476 g/mol. The van der Waals surface area contributed by atoms with Crippen molar-refractivity contribution in [1.29, 1.82) is 0 Å². The molecule has 0 aliphatic carbocycles. The van der Waals surface area contributed by atoms with E-state index in [0.717, 1.165) is 18.9 Å². The first kappa shape index (κ1) is 23.8. The number of fused-ring (bicyclic) bond motifs is 1. The number of rotatable bonds is 4. The molecule has 0 N–H and O–H groups in total. The number of hydrogen-bond acceptors (Lipinski definition) is 5. The van der Waals surface area contributed by atoms with Gasteiger partial charge in [-0.05, 0) is 56.9 Å². The SMILES string of the molecule is COc1ccc(-c2cc(C(F)(F)F)n3nc(C(=O)N4[C@H](C)CC(C)C[C@@H]4C)cc3n2)cc1OC. The predicted molar refractivity (Wildman–Crippen MR) is 120 cm³/mol. The van der Waals surface area contributed by atoms with Gasteiger partial charge in [0, 0.05) is 23.7 Å². The molecule has 0 saturated carbocycles. The smallest absolute Gasteiger partial charge is 0.433 e. The first-order valence-electron chi connectivity index (χ1n) is 11.1. The molecule has 7 nitrogen and oxygen atoms in total. The molecule has 2 aromatic heterocycles. The zero-order chi connectivity index (χ0) is 24.8. The van der Waals surface area contributed by atoms with Gasteiger partial charge in [-0.2, -0.15) is 18.3 Å². The molecule has 1 aromatic carbocycles. The van der Waals surface area contributed by atoms with Crippen LogP contribution in [0.25, 0.3) is 16.9 Å². The summed E-state index contributed by atoms with van der Waals surface area (Å²) in [7, 11) is 2.91. The van der Waals surface area contributed by atoms with E-state index < -0.39 is 17.8 Å². The quantitative estimate of drug-likeness (QED) is 0.525. The van der Waals surface area contributed by atoms with Crippen molar-refractivity contribution >= 4 is 11.6 Å². The van der Waals surface area contributed by atoms with Crippen LogP contribution in [0.5, 0.6) is 11.5 Å². The fourth-order valence-corrected chi connectivity index (χ4v) is 4.88. The number of nitrogens with zero attached hydrogens (tertiary/aromatic N) is 4. The molecule has 1 unspecified atom stereocenters. The average Bonchev–Trinajstić information content (AvgIpc) is 3.20. The fourth-order valence-electron chi connectivity index (χ4n) is 4.88. The third kappa shape index (κ3) is 4.28. The van der Waals surface area contributed by atoms with Crippen LogP contribution in [0.1, 0.15) is 49.8 Å². The zero-order valence-corrected chi connectivity index (χ0v) is 19.7. The Bertz CT molecular complexity index is 1210. The third-order valence-corrected chi connectivity index (χ3v) is 6.29. The number of methoxy groups -OCH3 is 2. The van der Waals surface area contributed by atoms with Crippen molar-refractivity contribution in [3.8, 4) is 22.8 Å². The highest BCUT2D eigenvalue weighted by atomic mass is 19.4. The van der Waals surface area contributed by atoms with Crippen molar-refractivity contribution in [3.05, 3.63) is 41.7 Å². The number of halogens is 3. The minimum absolute atomic E-state index is 0.0339. The van der Waals surface area contributed by atoms with Gasteiger partial charge in [0.1, 0.15) is 0 Å². The Morgan fingerprint density at radius 3 is 2.24 bits per heavy atom. The summed E-state index contributed by atoms with van der Waals surface area (Å²) in [6.45, 7) is 6.04. The van der Waals surface area contributed by atoms with Crippen LogP contribution in [-0.4, -0.2) is 51.7 Å². The van der Waals surface area contributed by atoms with Gasteiger partial charge in [-0.1, -0.05) is 6.92 Å². The molecular formula is C24H27F3N4O3. The summed E-state index contributed by atoms with van der Waals surface area (Å²) in [5.41, 5.74) is -0.653. The second kappa shape index (κ2) is 8.81. The number of alkyl halides is 3. The first-order chi connectivity index (χ1) is 16.0. The molecule has 3 heterocycles. The summed E-state index contributed by atoms with van der Waals surface area (Å²) >= 11 is 0. The molecule has 1 aliphatic rings. The molecular weight excluding hydrogens is 449 g/mol. The van der Waals surface area contributed by atoms with E-state index in [1.165, 1.54) is 20.3 Å². The summed E-state index contributed by atoms with van der Waals surface area (Å²) in [5, 5.41) is 4.04. The number of carbonyl (C=O) groups excluding carboxylic acids is 1. The Hall–Kier alpha value is -3.30. The summed E-state index contributed by atoms with van der Waals surface area (Å²) in [4.78, 5) is 19.4. The summed E-state index contributed by atoms with van der Waals surface area (Å²) in [6, 6.07) is 6.92. The zero-order valence-electron chi connectivity index (χ0n) is 19.7. The Morgan fingerprint density at radius 1 is 1.00 bits per heavy atom. The van der Waals surface area contributed by atoms with Crippen LogP contribution in [0.2, 0.25) is 0 Å². The highest BCUT2D eigenvalue weighted by Gasteiger charge is 2.37. The molecule has 4 rings (SSSR count). The molecule has 10 heteroatoms. The van der Waals surface area contributed by atoms with E-state index in [9.17, 15) is 18.0 Å². The van der Waals surface area contributed by atoms with E-state index >= 15 is 0 Å². The van der Waals surface area contributed by atoms with Gasteiger partial charge in [-0.15, -0.1) is 0 Å². The molecule has 0 radical (unpaired) electrons. The highest BCUT2D eigenvalue weighted by molar-refractivity contribution is 5.94. The Balaban J connectivity index is 1.81. The van der Waals surface area contributed by atoms with Crippen molar-refractivity contribution < 1.29 is 27.4 Å². The van der Waals surface area contributed by atoms with Crippen molar-refractivity contribution in [2.24, 2.45) is 5.92 Å². The molecule has 1 aliphatic heterocycles. The second-order valence-electron chi connectivity index (χ2n) is 8.88. The van der Waals surface area contributed by atoms with Crippen molar-refractivity contribution in [1.82, 2.24) is 19.5 Å². The maximum Gasteiger partial charge on any atom is 0.433 e. The standard InChI is InChI=1S/C24H27F3N4O3/c1-13-8-14(2)30(15(3)9-13)23(32)18-12-22-28-17(11-21(24(25,26)27)31(22)29-18)16-6-7-19(33-4)20(10-16)34-5/h6-7,10-15H,8-9H2,1-5H3/t13?,14-,15+. The fraction of sp³-hybridized carbons (Fsp3) is 0.458. The third-order valence-electron chi connectivity index (χ3n) is 6.29. The summed E-state index contributed by atoms with van der Waals surface area (Å²) in [5.74, 6) is 0.887. The van der Waals surface area contributed by atoms with Crippen LogP contribution >= 0.6 is 0 Å². The normalized spacial score (nSPS) is 21.1.